The Morgan fingerprint density at radius 1 is 1.65 bits per heavy atom. The van der Waals surface area contributed by atoms with Gasteiger partial charge >= 0.3 is 0 Å². The van der Waals surface area contributed by atoms with Crippen molar-refractivity contribution in [3.05, 3.63) is 28.0 Å². The molecule has 1 aromatic rings. The normalized spacial score (nSPS) is 19.9. The minimum atomic E-state index is -0.527. The zero-order valence-corrected chi connectivity index (χ0v) is 12.3. The lowest BCUT2D eigenvalue weighted by Crippen LogP contribution is -2.16. The molecule has 3 N–H and O–H groups in total. The summed E-state index contributed by atoms with van der Waals surface area (Å²) in [5.41, 5.74) is 6.93. The molecule has 1 heterocycles. The summed E-state index contributed by atoms with van der Waals surface area (Å²) in [6.07, 6.45) is 0.232. The predicted molar refractivity (Wildman–Crippen MR) is 75.5 cm³/mol. The van der Waals surface area contributed by atoms with E-state index in [0.29, 0.717) is 30.0 Å². The fourth-order valence-corrected chi connectivity index (χ4v) is 2.69. The van der Waals surface area contributed by atoms with Crippen LogP contribution in [-0.2, 0) is 4.79 Å². The number of rotatable bonds is 4. The average molecular weight is 301 g/mol. The van der Waals surface area contributed by atoms with E-state index in [1.165, 1.54) is 6.07 Å². The van der Waals surface area contributed by atoms with Crippen LogP contribution in [0.1, 0.15) is 43.4 Å². The van der Waals surface area contributed by atoms with E-state index >= 15 is 0 Å². The molecule has 1 aromatic carbocycles. The number of halogens is 2. The summed E-state index contributed by atoms with van der Waals surface area (Å²) in [5, 5.41) is 2.71. The van der Waals surface area contributed by atoms with Crippen molar-refractivity contribution in [2.24, 2.45) is 5.73 Å². The van der Waals surface area contributed by atoms with Crippen LogP contribution < -0.4 is 15.8 Å². The number of carbonyl (C=O) groups excluding carboxylic acids is 1. The Morgan fingerprint density at radius 2 is 2.35 bits per heavy atom. The van der Waals surface area contributed by atoms with Crippen LogP contribution in [-0.4, -0.2) is 19.1 Å². The topological polar surface area (TPSA) is 64.3 Å². The van der Waals surface area contributed by atoms with Crippen molar-refractivity contribution >= 4 is 17.5 Å². The van der Waals surface area contributed by atoms with Crippen LogP contribution in [0.15, 0.2) is 6.07 Å². The molecular formula is C14H18ClFN2O2. The third-order valence-corrected chi connectivity index (χ3v) is 3.68. The Bertz CT molecular complexity index is 534. The van der Waals surface area contributed by atoms with Gasteiger partial charge in [-0.2, -0.15) is 0 Å². The molecule has 1 aliphatic heterocycles. The third-order valence-electron chi connectivity index (χ3n) is 3.40. The first-order valence-electron chi connectivity index (χ1n) is 6.62. The highest BCUT2D eigenvalue weighted by Crippen LogP contribution is 2.41. The van der Waals surface area contributed by atoms with Crippen LogP contribution in [0, 0.1) is 5.82 Å². The van der Waals surface area contributed by atoms with Gasteiger partial charge in [-0.3, -0.25) is 4.79 Å². The van der Waals surface area contributed by atoms with Gasteiger partial charge in [0, 0.05) is 36.1 Å². The van der Waals surface area contributed by atoms with Gasteiger partial charge in [-0.05, 0) is 19.9 Å². The Kier molecular flexibility index (Phi) is 4.50. The van der Waals surface area contributed by atoms with Crippen molar-refractivity contribution < 1.29 is 13.9 Å². The fraction of sp³-hybridized carbons (Fsp3) is 0.500. The Morgan fingerprint density at radius 3 is 2.85 bits per heavy atom. The molecule has 0 spiro atoms. The van der Waals surface area contributed by atoms with Gasteiger partial charge in [-0.1, -0.05) is 11.6 Å². The number of amides is 1. The summed E-state index contributed by atoms with van der Waals surface area (Å²) in [6, 6.07) is 1.17. The molecule has 1 fully saturated rings. The Balaban J connectivity index is 2.59. The van der Waals surface area contributed by atoms with E-state index in [1.807, 2.05) is 6.92 Å². The minimum absolute atomic E-state index is 0.00935. The van der Waals surface area contributed by atoms with E-state index in [0.717, 1.165) is 0 Å². The van der Waals surface area contributed by atoms with Crippen molar-refractivity contribution in [3.8, 4) is 5.75 Å². The summed E-state index contributed by atoms with van der Waals surface area (Å²) in [4.78, 5) is 11.4. The standard InChI is InChI=1S/C14H18ClFN2O2/c1-3-20-14-9(7(2)17)5-10(15)13(16)12(14)8-4-11(19)18-6-8/h5,7-8H,3-4,6,17H2,1-2H3,(H,18,19)/t7-,8+/m1/s1. The van der Waals surface area contributed by atoms with Gasteiger partial charge < -0.3 is 15.8 Å². The minimum Gasteiger partial charge on any atom is -0.493 e. The van der Waals surface area contributed by atoms with Crippen molar-refractivity contribution in [2.45, 2.75) is 32.2 Å². The van der Waals surface area contributed by atoms with Crippen molar-refractivity contribution in [3.63, 3.8) is 0 Å². The lowest BCUT2D eigenvalue weighted by atomic mass is 9.92. The van der Waals surface area contributed by atoms with E-state index in [4.69, 9.17) is 22.1 Å². The van der Waals surface area contributed by atoms with Crippen molar-refractivity contribution in [1.29, 1.82) is 0 Å². The SMILES string of the molecule is CCOc1c([C@@H](C)N)cc(Cl)c(F)c1[C@@H]1CNC(=O)C1. The van der Waals surface area contributed by atoms with E-state index in [2.05, 4.69) is 5.32 Å². The van der Waals surface area contributed by atoms with Crippen LogP contribution in [0.4, 0.5) is 4.39 Å². The van der Waals surface area contributed by atoms with E-state index in [-0.39, 0.29) is 29.3 Å². The number of benzene rings is 1. The van der Waals surface area contributed by atoms with Gasteiger partial charge in [-0.25, -0.2) is 4.39 Å². The zero-order valence-electron chi connectivity index (χ0n) is 11.5. The third kappa shape index (κ3) is 2.74. The van der Waals surface area contributed by atoms with Crippen LogP contribution in [0.3, 0.4) is 0 Å². The molecule has 110 valence electrons. The number of carbonyl (C=O) groups is 1. The van der Waals surface area contributed by atoms with Gasteiger partial charge in [0.1, 0.15) is 11.6 Å². The molecule has 0 aromatic heterocycles. The maximum atomic E-state index is 14.4. The fourth-order valence-electron chi connectivity index (χ4n) is 2.47. The Labute approximate surface area is 122 Å². The summed E-state index contributed by atoms with van der Waals surface area (Å²) in [5.74, 6) is -0.480. The first-order chi connectivity index (χ1) is 9.45. The largest absolute Gasteiger partial charge is 0.493 e. The van der Waals surface area contributed by atoms with Crippen LogP contribution >= 0.6 is 11.6 Å². The molecule has 1 amide bonds. The van der Waals surface area contributed by atoms with Gasteiger partial charge in [0.2, 0.25) is 5.91 Å². The molecule has 0 aliphatic carbocycles. The highest BCUT2D eigenvalue weighted by molar-refractivity contribution is 6.31. The highest BCUT2D eigenvalue weighted by atomic mass is 35.5. The maximum absolute atomic E-state index is 14.4. The van der Waals surface area contributed by atoms with Crippen LogP contribution in [0.25, 0.3) is 0 Å². The smallest absolute Gasteiger partial charge is 0.220 e. The first-order valence-corrected chi connectivity index (χ1v) is 7.00. The van der Waals surface area contributed by atoms with Crippen molar-refractivity contribution in [2.75, 3.05) is 13.2 Å². The second kappa shape index (κ2) is 5.97. The summed E-state index contributed by atoms with van der Waals surface area (Å²) >= 11 is 5.96. The van der Waals surface area contributed by atoms with Gasteiger partial charge in [-0.15, -0.1) is 0 Å². The second-order valence-corrected chi connectivity index (χ2v) is 5.34. The van der Waals surface area contributed by atoms with Crippen LogP contribution in [0.5, 0.6) is 5.75 Å². The number of nitrogens with two attached hydrogens (primary N) is 1. The van der Waals surface area contributed by atoms with Gasteiger partial charge in [0.25, 0.3) is 0 Å². The molecule has 0 bridgehead atoms. The monoisotopic (exact) mass is 300 g/mol. The predicted octanol–water partition coefficient (Wildman–Crippen LogP) is 2.50. The quantitative estimate of drug-likeness (QED) is 0.898. The second-order valence-electron chi connectivity index (χ2n) is 4.93. The number of hydrogen-bond donors (Lipinski definition) is 2. The van der Waals surface area contributed by atoms with Gasteiger partial charge in [0.05, 0.1) is 11.6 Å². The molecule has 2 rings (SSSR count). The molecule has 0 unspecified atom stereocenters. The lowest BCUT2D eigenvalue weighted by Gasteiger charge is -2.21. The highest BCUT2D eigenvalue weighted by Gasteiger charge is 2.31. The molecule has 6 heteroatoms. The molecule has 0 saturated carbocycles. The van der Waals surface area contributed by atoms with Crippen molar-refractivity contribution in [1.82, 2.24) is 5.32 Å². The Hall–Kier alpha value is -1.33. The average Bonchev–Trinajstić information content (AvgIpc) is 2.80. The molecule has 1 saturated heterocycles. The molecular weight excluding hydrogens is 283 g/mol. The molecule has 4 nitrogen and oxygen atoms in total. The molecule has 2 atom stereocenters. The van der Waals surface area contributed by atoms with E-state index < -0.39 is 5.82 Å². The van der Waals surface area contributed by atoms with Gasteiger partial charge in [0.15, 0.2) is 0 Å². The maximum Gasteiger partial charge on any atom is 0.220 e. The molecule has 0 radical (unpaired) electrons. The molecule has 1 aliphatic rings. The first kappa shape index (κ1) is 15.1. The van der Waals surface area contributed by atoms with E-state index in [1.54, 1.807) is 6.92 Å². The zero-order chi connectivity index (χ0) is 14.9. The van der Waals surface area contributed by atoms with E-state index in [9.17, 15) is 9.18 Å². The van der Waals surface area contributed by atoms with Crippen LogP contribution in [0.2, 0.25) is 5.02 Å². The lowest BCUT2D eigenvalue weighted by molar-refractivity contribution is -0.119. The summed E-state index contributed by atoms with van der Waals surface area (Å²) < 4.78 is 20.0. The number of hydrogen-bond acceptors (Lipinski definition) is 3. The number of nitrogens with one attached hydrogen (secondary N) is 1. The number of ether oxygens (including phenoxy) is 1. The summed E-state index contributed by atoms with van der Waals surface area (Å²) in [7, 11) is 0. The summed E-state index contributed by atoms with van der Waals surface area (Å²) in [6.45, 7) is 4.38. The molecule has 20 heavy (non-hydrogen) atoms.